The second-order valence-corrected chi connectivity index (χ2v) is 14.8. The molecule has 1 saturated heterocycles. The average Bonchev–Trinajstić information content (AvgIpc) is 2.89. The molecule has 0 aromatic heterocycles. The van der Waals surface area contributed by atoms with E-state index in [1.807, 2.05) is 11.0 Å². The highest BCUT2D eigenvalue weighted by Gasteiger charge is 2.67. The smallest absolute Gasteiger partial charge is 0.229 e. The van der Waals surface area contributed by atoms with Crippen LogP contribution in [0.5, 0.6) is 0 Å². The number of allylic oxidation sites excluding steroid dienone is 2. The number of rotatable bonds is 1. The number of fused-ring (bicyclic) bond motifs is 7. The predicted octanol–water partition coefficient (Wildman–Crippen LogP) is 5.12. The second kappa shape index (κ2) is 8.75. The zero-order chi connectivity index (χ0) is 27.1. The van der Waals surface area contributed by atoms with Crippen LogP contribution in [-0.2, 0) is 19.1 Å². The summed E-state index contributed by atoms with van der Waals surface area (Å²) in [5.74, 6) is 1.20. The molecule has 0 spiro atoms. The van der Waals surface area contributed by atoms with Crippen LogP contribution >= 0.6 is 0 Å². The standard InChI is InChI=1S/C32H44N2O4/c1-29(2)9-10-32(28(37)34-11-13-38-14-12-34)8-6-22-27(23(32)18-29)25(36)16-26-30(22,3)7-5-21-15-24(35)20(19-33)17-31(21,26)4/h17,21-23,26-27H,5-16,18H2,1-4H3. The van der Waals surface area contributed by atoms with Crippen LogP contribution in [0.25, 0.3) is 0 Å². The monoisotopic (exact) mass is 520 g/mol. The van der Waals surface area contributed by atoms with Crippen LogP contribution in [-0.4, -0.2) is 48.7 Å². The lowest BCUT2D eigenvalue weighted by Gasteiger charge is -2.66. The van der Waals surface area contributed by atoms with E-state index in [1.54, 1.807) is 0 Å². The van der Waals surface area contributed by atoms with Gasteiger partial charge in [-0.3, -0.25) is 14.4 Å². The van der Waals surface area contributed by atoms with Crippen molar-refractivity contribution >= 4 is 17.5 Å². The van der Waals surface area contributed by atoms with Crippen LogP contribution in [0.1, 0.15) is 85.5 Å². The topological polar surface area (TPSA) is 87.5 Å². The number of carbonyl (C=O) groups excluding carboxylic acids is 3. The minimum atomic E-state index is -0.431. The molecule has 8 atom stereocenters. The first-order chi connectivity index (χ1) is 17.9. The summed E-state index contributed by atoms with van der Waals surface area (Å²) in [5.41, 5.74) is -0.361. The molecule has 6 heteroatoms. The van der Waals surface area contributed by atoms with Gasteiger partial charge in [0.2, 0.25) is 5.91 Å². The third kappa shape index (κ3) is 3.63. The van der Waals surface area contributed by atoms with Crippen molar-refractivity contribution in [3.8, 4) is 6.07 Å². The van der Waals surface area contributed by atoms with E-state index in [4.69, 9.17) is 4.74 Å². The van der Waals surface area contributed by atoms with E-state index >= 15 is 0 Å². The van der Waals surface area contributed by atoms with Crippen LogP contribution in [0.4, 0.5) is 0 Å². The van der Waals surface area contributed by atoms with Crippen molar-refractivity contribution in [3.05, 3.63) is 11.6 Å². The van der Waals surface area contributed by atoms with Gasteiger partial charge in [0.05, 0.1) is 24.2 Å². The molecule has 1 heterocycles. The van der Waals surface area contributed by atoms with Gasteiger partial charge < -0.3 is 9.64 Å². The maximum absolute atomic E-state index is 14.4. The molecule has 6 rings (SSSR count). The quantitative estimate of drug-likeness (QED) is 0.479. The fourth-order valence-electron chi connectivity index (χ4n) is 10.5. The van der Waals surface area contributed by atoms with Gasteiger partial charge >= 0.3 is 0 Å². The Morgan fingerprint density at radius 1 is 1.00 bits per heavy atom. The number of carbonyl (C=O) groups is 3. The van der Waals surface area contributed by atoms with Gasteiger partial charge in [-0.1, -0.05) is 33.8 Å². The van der Waals surface area contributed by atoms with Crippen LogP contribution in [0.3, 0.4) is 0 Å². The number of amides is 1. The first-order valence-electron chi connectivity index (χ1n) is 15.0. The third-order valence-corrected chi connectivity index (χ3v) is 12.6. The number of morpholine rings is 1. The van der Waals surface area contributed by atoms with Crippen LogP contribution in [0.2, 0.25) is 0 Å². The highest BCUT2D eigenvalue weighted by molar-refractivity contribution is 6.00. The fraction of sp³-hybridized carbons (Fsp3) is 0.812. The number of hydrogen-bond donors (Lipinski definition) is 0. The van der Waals surface area contributed by atoms with Crippen molar-refractivity contribution in [2.75, 3.05) is 26.3 Å². The highest BCUT2D eigenvalue weighted by Crippen LogP contribution is 2.70. The van der Waals surface area contributed by atoms with Crippen molar-refractivity contribution in [2.45, 2.75) is 85.5 Å². The largest absolute Gasteiger partial charge is 0.378 e. The van der Waals surface area contributed by atoms with E-state index in [1.165, 1.54) is 0 Å². The lowest BCUT2D eigenvalue weighted by molar-refractivity contribution is -0.192. The number of nitriles is 1. The first kappa shape index (κ1) is 26.2. The molecule has 8 unspecified atom stereocenters. The van der Waals surface area contributed by atoms with E-state index in [0.717, 1.165) is 44.9 Å². The highest BCUT2D eigenvalue weighted by atomic mass is 16.5. The van der Waals surface area contributed by atoms with Gasteiger partial charge in [-0.15, -0.1) is 0 Å². The van der Waals surface area contributed by atoms with Crippen molar-refractivity contribution in [3.63, 3.8) is 0 Å². The molecule has 5 fully saturated rings. The minimum Gasteiger partial charge on any atom is -0.378 e. The van der Waals surface area contributed by atoms with Crippen LogP contribution in [0.15, 0.2) is 11.6 Å². The molecule has 38 heavy (non-hydrogen) atoms. The molecule has 0 aromatic carbocycles. The maximum atomic E-state index is 14.4. The van der Waals surface area contributed by atoms with Gasteiger partial charge in [0.25, 0.3) is 0 Å². The molecule has 5 aliphatic carbocycles. The molecule has 6 aliphatic rings. The molecule has 4 saturated carbocycles. The summed E-state index contributed by atoms with van der Waals surface area (Å²) >= 11 is 0. The summed E-state index contributed by atoms with van der Waals surface area (Å²) < 4.78 is 5.56. The Morgan fingerprint density at radius 2 is 1.74 bits per heavy atom. The van der Waals surface area contributed by atoms with Crippen molar-refractivity contribution in [1.82, 2.24) is 4.90 Å². The van der Waals surface area contributed by atoms with Crippen molar-refractivity contribution in [2.24, 2.45) is 51.2 Å². The summed E-state index contributed by atoms with van der Waals surface area (Å²) in [5, 5.41) is 9.68. The Balaban J connectivity index is 1.39. The number of Topliss-reactive ketones (excluding diaryl/α,β-unsaturated/α-hetero) is 2. The molecule has 0 bridgehead atoms. The summed E-state index contributed by atoms with van der Waals surface area (Å²) in [6.45, 7) is 11.8. The van der Waals surface area contributed by atoms with E-state index in [-0.39, 0.29) is 63.1 Å². The van der Waals surface area contributed by atoms with Gasteiger partial charge in [0.1, 0.15) is 11.9 Å². The summed E-state index contributed by atoms with van der Waals surface area (Å²) in [7, 11) is 0. The molecule has 0 N–H and O–H groups in total. The average molecular weight is 521 g/mol. The molecular formula is C32H44N2O4. The normalized spacial score (nSPS) is 46.0. The van der Waals surface area contributed by atoms with Gasteiger partial charge in [-0.2, -0.15) is 5.26 Å². The van der Waals surface area contributed by atoms with Crippen molar-refractivity contribution < 1.29 is 19.1 Å². The molecule has 6 nitrogen and oxygen atoms in total. The Morgan fingerprint density at radius 3 is 2.45 bits per heavy atom. The Bertz CT molecular complexity index is 1130. The van der Waals surface area contributed by atoms with Crippen molar-refractivity contribution in [1.29, 1.82) is 5.26 Å². The molecule has 1 amide bonds. The summed E-state index contributed by atoms with van der Waals surface area (Å²) in [4.78, 5) is 43.3. The van der Waals surface area contributed by atoms with E-state index < -0.39 is 5.41 Å². The summed E-state index contributed by atoms with van der Waals surface area (Å²) in [6.07, 6.45) is 9.52. The molecular weight excluding hydrogens is 476 g/mol. The van der Waals surface area contributed by atoms with Crippen LogP contribution in [0, 0.1) is 62.6 Å². The molecule has 206 valence electrons. The van der Waals surface area contributed by atoms with Gasteiger partial charge in [-0.25, -0.2) is 0 Å². The lowest BCUT2D eigenvalue weighted by atomic mass is 9.37. The first-order valence-corrected chi connectivity index (χ1v) is 15.0. The lowest BCUT2D eigenvalue weighted by Crippen LogP contribution is -2.65. The number of ketones is 2. The molecule has 0 radical (unpaired) electrons. The summed E-state index contributed by atoms with van der Waals surface area (Å²) in [6, 6.07) is 2.16. The van der Waals surface area contributed by atoms with E-state index in [9.17, 15) is 19.6 Å². The predicted molar refractivity (Wildman–Crippen MR) is 143 cm³/mol. The zero-order valence-corrected chi connectivity index (χ0v) is 23.7. The van der Waals surface area contributed by atoms with E-state index in [0.29, 0.717) is 44.9 Å². The van der Waals surface area contributed by atoms with Gasteiger partial charge in [-0.05, 0) is 84.9 Å². The Kier molecular flexibility index (Phi) is 6.04. The number of nitrogens with zero attached hydrogens (tertiary/aromatic N) is 2. The minimum absolute atomic E-state index is 0.0307. The second-order valence-electron chi connectivity index (χ2n) is 14.8. The third-order valence-electron chi connectivity index (χ3n) is 12.6. The number of hydrogen-bond acceptors (Lipinski definition) is 5. The van der Waals surface area contributed by atoms with Crippen LogP contribution < -0.4 is 0 Å². The van der Waals surface area contributed by atoms with Gasteiger partial charge in [0.15, 0.2) is 5.78 Å². The Hall–Kier alpha value is -2.00. The Labute approximate surface area is 227 Å². The fourth-order valence-corrected chi connectivity index (χ4v) is 10.5. The van der Waals surface area contributed by atoms with E-state index in [2.05, 4.69) is 33.8 Å². The zero-order valence-electron chi connectivity index (χ0n) is 23.7. The maximum Gasteiger partial charge on any atom is 0.229 e. The molecule has 1 aliphatic heterocycles. The van der Waals surface area contributed by atoms with Gasteiger partial charge in [0, 0.05) is 31.8 Å². The SMILES string of the molecule is CC1(C)CCC2(C(=O)N3CCOCC3)CCC3C(C(=O)CC4C5(C)C=C(C#N)C(=O)CC5CCC34C)C2C1. The molecule has 0 aromatic rings. The number of ether oxygens (including phenoxy) is 1.